The van der Waals surface area contributed by atoms with Crippen molar-refractivity contribution in [3.63, 3.8) is 0 Å². The second-order valence-corrected chi connectivity index (χ2v) is 5.84. The molecule has 0 amide bonds. The molecule has 0 fully saturated rings. The smallest absolute Gasteiger partial charge is 0.179 e. The topological polar surface area (TPSA) is 60.2 Å². The van der Waals surface area contributed by atoms with E-state index in [0.29, 0.717) is 16.5 Å². The van der Waals surface area contributed by atoms with E-state index in [4.69, 9.17) is 17.3 Å². The Balaban J connectivity index is 2.65. The van der Waals surface area contributed by atoms with Crippen molar-refractivity contribution in [3.8, 4) is 0 Å². The Bertz CT molecular complexity index is 470. The van der Waals surface area contributed by atoms with Crippen LogP contribution in [0, 0.1) is 0 Å². The van der Waals surface area contributed by atoms with E-state index in [9.17, 15) is 8.42 Å². The Morgan fingerprint density at radius 2 is 2.21 bits per heavy atom. The van der Waals surface area contributed by atoms with Crippen molar-refractivity contribution in [2.45, 2.75) is 10.8 Å². The monoisotopic (exact) mass is 231 g/mol. The average Bonchev–Trinajstić information content (AvgIpc) is 2.37. The van der Waals surface area contributed by atoms with Crippen molar-refractivity contribution in [2.24, 2.45) is 5.73 Å². The normalized spacial score (nSPS) is 23.4. The van der Waals surface area contributed by atoms with Gasteiger partial charge < -0.3 is 5.73 Å². The van der Waals surface area contributed by atoms with Crippen LogP contribution in [-0.2, 0) is 9.84 Å². The van der Waals surface area contributed by atoms with Crippen LogP contribution in [0.4, 0.5) is 0 Å². The van der Waals surface area contributed by atoms with Gasteiger partial charge in [-0.25, -0.2) is 8.42 Å². The fourth-order valence-corrected chi connectivity index (χ4v) is 3.83. The molecule has 1 aliphatic rings. The average molecular weight is 232 g/mol. The lowest BCUT2D eigenvalue weighted by molar-refractivity contribution is 0.597. The Labute approximate surface area is 87.8 Å². The molecule has 0 saturated heterocycles. The summed E-state index contributed by atoms with van der Waals surface area (Å²) in [5, 5.41) is 0.555. The van der Waals surface area contributed by atoms with Gasteiger partial charge in [0.15, 0.2) is 9.84 Å². The third kappa shape index (κ3) is 1.43. The largest absolute Gasteiger partial charge is 0.330 e. The molecule has 1 aromatic carbocycles. The molecule has 0 aromatic heterocycles. The van der Waals surface area contributed by atoms with Crippen LogP contribution >= 0.6 is 11.6 Å². The van der Waals surface area contributed by atoms with Crippen LogP contribution < -0.4 is 5.73 Å². The minimum absolute atomic E-state index is 0.103. The molecule has 5 heteroatoms. The first kappa shape index (κ1) is 9.96. The van der Waals surface area contributed by atoms with Crippen LogP contribution in [0.25, 0.3) is 0 Å². The number of sulfone groups is 1. The number of halogens is 1. The van der Waals surface area contributed by atoms with Crippen molar-refractivity contribution in [1.29, 1.82) is 0 Å². The lowest BCUT2D eigenvalue weighted by Crippen LogP contribution is -2.14. The Hall–Kier alpha value is -0.580. The fourth-order valence-electron chi connectivity index (χ4n) is 1.76. The van der Waals surface area contributed by atoms with E-state index >= 15 is 0 Å². The first-order valence-electron chi connectivity index (χ1n) is 4.27. The SMILES string of the molecule is NCC1CS(=O)(=O)c2ccc(Cl)cc21. The molecule has 0 bridgehead atoms. The summed E-state index contributed by atoms with van der Waals surface area (Å²) < 4.78 is 23.3. The van der Waals surface area contributed by atoms with Crippen LogP contribution in [0.5, 0.6) is 0 Å². The zero-order chi connectivity index (χ0) is 10.3. The van der Waals surface area contributed by atoms with Gasteiger partial charge in [-0.15, -0.1) is 0 Å². The number of hydrogen-bond acceptors (Lipinski definition) is 3. The van der Waals surface area contributed by atoms with Gasteiger partial charge in [0.25, 0.3) is 0 Å². The highest BCUT2D eigenvalue weighted by atomic mass is 35.5. The summed E-state index contributed by atoms with van der Waals surface area (Å²) in [5.74, 6) is 0.00724. The Kier molecular flexibility index (Phi) is 2.29. The van der Waals surface area contributed by atoms with Gasteiger partial charge in [-0.2, -0.15) is 0 Å². The van der Waals surface area contributed by atoms with Gasteiger partial charge >= 0.3 is 0 Å². The molecule has 0 aliphatic carbocycles. The predicted molar refractivity (Wildman–Crippen MR) is 55.3 cm³/mol. The van der Waals surface area contributed by atoms with E-state index in [-0.39, 0.29) is 11.7 Å². The lowest BCUT2D eigenvalue weighted by atomic mass is 10.0. The molecule has 0 radical (unpaired) electrons. The van der Waals surface area contributed by atoms with Gasteiger partial charge in [-0.3, -0.25) is 0 Å². The number of fused-ring (bicyclic) bond motifs is 1. The predicted octanol–water partition coefficient (Wildman–Crippen LogP) is 1.17. The van der Waals surface area contributed by atoms with Crippen molar-refractivity contribution < 1.29 is 8.42 Å². The van der Waals surface area contributed by atoms with E-state index < -0.39 is 9.84 Å². The summed E-state index contributed by atoms with van der Waals surface area (Å²) in [4.78, 5) is 0.386. The summed E-state index contributed by atoms with van der Waals surface area (Å²) in [5.41, 5.74) is 6.28. The molecular formula is C9H10ClNO2S. The molecule has 76 valence electrons. The summed E-state index contributed by atoms with van der Waals surface area (Å²) in [6.07, 6.45) is 0. The summed E-state index contributed by atoms with van der Waals surface area (Å²) in [6, 6.07) is 4.85. The second kappa shape index (κ2) is 3.22. The van der Waals surface area contributed by atoms with Crippen LogP contribution in [0.3, 0.4) is 0 Å². The zero-order valence-corrected chi connectivity index (χ0v) is 8.98. The van der Waals surface area contributed by atoms with Gasteiger partial charge in [0.1, 0.15) is 0 Å². The molecule has 0 saturated carbocycles. The molecule has 14 heavy (non-hydrogen) atoms. The molecule has 2 N–H and O–H groups in total. The lowest BCUT2D eigenvalue weighted by Gasteiger charge is -2.05. The zero-order valence-electron chi connectivity index (χ0n) is 7.40. The standard InChI is InChI=1S/C9H10ClNO2S/c10-7-1-2-9-8(3-7)6(4-11)5-14(9,12)13/h1-3,6H,4-5,11H2. The first-order chi connectivity index (χ1) is 6.54. The van der Waals surface area contributed by atoms with Crippen LogP contribution in [0.1, 0.15) is 11.5 Å². The summed E-state index contributed by atoms with van der Waals surface area (Å²) in [6.45, 7) is 0.340. The molecule has 1 heterocycles. The molecule has 2 rings (SSSR count). The molecule has 1 atom stereocenters. The van der Waals surface area contributed by atoms with Crippen molar-refractivity contribution >= 4 is 21.4 Å². The van der Waals surface area contributed by atoms with Gasteiger partial charge in [-0.1, -0.05) is 11.6 Å². The van der Waals surface area contributed by atoms with E-state index in [1.807, 2.05) is 0 Å². The summed E-state index contributed by atoms with van der Waals surface area (Å²) in [7, 11) is -3.12. The minimum atomic E-state index is -3.12. The maximum Gasteiger partial charge on any atom is 0.179 e. The van der Waals surface area contributed by atoms with Gasteiger partial charge in [-0.05, 0) is 23.8 Å². The van der Waals surface area contributed by atoms with E-state index in [1.165, 1.54) is 0 Å². The number of rotatable bonds is 1. The fraction of sp³-hybridized carbons (Fsp3) is 0.333. The number of nitrogens with two attached hydrogens (primary N) is 1. The first-order valence-corrected chi connectivity index (χ1v) is 6.30. The van der Waals surface area contributed by atoms with Gasteiger partial charge in [0, 0.05) is 17.5 Å². The molecule has 0 spiro atoms. The Morgan fingerprint density at radius 1 is 1.50 bits per heavy atom. The molecule has 1 aromatic rings. The number of benzene rings is 1. The quantitative estimate of drug-likeness (QED) is 0.789. The molecular weight excluding hydrogens is 222 g/mol. The third-order valence-electron chi connectivity index (χ3n) is 2.45. The van der Waals surface area contributed by atoms with Crippen LogP contribution in [-0.4, -0.2) is 20.7 Å². The highest BCUT2D eigenvalue weighted by Gasteiger charge is 2.33. The van der Waals surface area contributed by atoms with E-state index in [1.54, 1.807) is 18.2 Å². The maximum atomic E-state index is 11.6. The van der Waals surface area contributed by atoms with E-state index in [2.05, 4.69) is 0 Å². The summed E-state index contributed by atoms with van der Waals surface area (Å²) >= 11 is 5.80. The van der Waals surface area contributed by atoms with Gasteiger partial charge in [0.05, 0.1) is 10.6 Å². The molecule has 1 unspecified atom stereocenters. The van der Waals surface area contributed by atoms with Crippen LogP contribution in [0.2, 0.25) is 5.02 Å². The third-order valence-corrected chi connectivity index (χ3v) is 4.57. The van der Waals surface area contributed by atoms with Crippen molar-refractivity contribution in [2.75, 3.05) is 12.3 Å². The second-order valence-electron chi connectivity index (χ2n) is 3.40. The van der Waals surface area contributed by atoms with E-state index in [0.717, 1.165) is 5.56 Å². The molecule has 1 aliphatic heterocycles. The van der Waals surface area contributed by atoms with Crippen LogP contribution in [0.15, 0.2) is 23.1 Å². The minimum Gasteiger partial charge on any atom is -0.330 e. The highest BCUT2D eigenvalue weighted by Crippen LogP contribution is 2.35. The van der Waals surface area contributed by atoms with Gasteiger partial charge in [0.2, 0.25) is 0 Å². The van der Waals surface area contributed by atoms with Crippen molar-refractivity contribution in [3.05, 3.63) is 28.8 Å². The molecule has 3 nitrogen and oxygen atoms in total. The Morgan fingerprint density at radius 3 is 2.86 bits per heavy atom. The van der Waals surface area contributed by atoms with Crippen molar-refractivity contribution in [1.82, 2.24) is 0 Å². The number of hydrogen-bond donors (Lipinski definition) is 1. The highest BCUT2D eigenvalue weighted by molar-refractivity contribution is 7.91. The maximum absolute atomic E-state index is 11.6.